The highest BCUT2D eigenvalue weighted by molar-refractivity contribution is 5.79. The molecule has 0 aromatic heterocycles. The van der Waals surface area contributed by atoms with Crippen molar-refractivity contribution in [1.29, 1.82) is 0 Å². The maximum Gasteiger partial charge on any atom is 0.260 e. The number of nitrogens with two attached hydrogens (primary N) is 1. The van der Waals surface area contributed by atoms with Gasteiger partial charge in [0.15, 0.2) is 6.61 Å². The zero-order valence-corrected chi connectivity index (χ0v) is 16.9. The van der Waals surface area contributed by atoms with Crippen molar-refractivity contribution in [1.82, 2.24) is 4.90 Å². The third kappa shape index (κ3) is 6.48. The highest BCUT2D eigenvalue weighted by Crippen LogP contribution is 2.22. The molecule has 0 radical (unpaired) electrons. The molecule has 0 bridgehead atoms. The number of primary amides is 1. The Kier molecular flexibility index (Phi) is 7.61. The third-order valence-electron chi connectivity index (χ3n) is 4.82. The van der Waals surface area contributed by atoms with E-state index in [0.29, 0.717) is 18.7 Å². The largest absolute Gasteiger partial charge is 0.484 e. The molecule has 0 saturated carbocycles. The Labute approximate surface area is 177 Å². The molecule has 3 rings (SSSR count). The van der Waals surface area contributed by atoms with E-state index in [1.165, 1.54) is 0 Å². The van der Waals surface area contributed by atoms with Crippen LogP contribution in [0.1, 0.15) is 12.0 Å². The molecule has 0 atom stereocenters. The number of rotatable bonds is 10. The van der Waals surface area contributed by atoms with E-state index in [1.807, 2.05) is 84.9 Å². The minimum Gasteiger partial charge on any atom is -0.484 e. The molecular formula is C25H26N2O3. The fourth-order valence-electron chi connectivity index (χ4n) is 3.13. The van der Waals surface area contributed by atoms with Gasteiger partial charge in [-0.1, -0.05) is 72.8 Å². The van der Waals surface area contributed by atoms with E-state index in [9.17, 15) is 9.59 Å². The highest BCUT2D eigenvalue weighted by Gasteiger charge is 2.15. The predicted octanol–water partition coefficient (Wildman–Crippen LogP) is 3.68. The van der Waals surface area contributed by atoms with Crippen LogP contribution in [0.3, 0.4) is 0 Å². The predicted molar refractivity (Wildman–Crippen MR) is 118 cm³/mol. The first-order valence-corrected chi connectivity index (χ1v) is 10.00. The number of carbonyl (C=O) groups excluding carboxylic acids is 2. The summed E-state index contributed by atoms with van der Waals surface area (Å²) in [7, 11) is 0. The number of ether oxygens (including phenoxy) is 1. The third-order valence-corrected chi connectivity index (χ3v) is 4.82. The van der Waals surface area contributed by atoms with Crippen LogP contribution in [0.4, 0.5) is 0 Å². The summed E-state index contributed by atoms with van der Waals surface area (Å²) in [6.07, 6.45) is 0.837. The standard InChI is InChI=1S/C25H26N2O3/c26-24(28)16-18-27(17-15-20-7-3-1-4-8-20)25(29)19-30-23-13-11-22(12-14-23)21-9-5-2-6-10-21/h1-14H,15-19H2,(H2,26,28). The average molecular weight is 402 g/mol. The molecule has 5 heteroatoms. The number of hydrogen-bond donors (Lipinski definition) is 1. The Bertz CT molecular complexity index is 941. The van der Waals surface area contributed by atoms with Gasteiger partial charge >= 0.3 is 0 Å². The molecule has 0 aliphatic rings. The van der Waals surface area contributed by atoms with E-state index < -0.39 is 5.91 Å². The Morgan fingerprint density at radius 3 is 2.00 bits per heavy atom. The normalized spacial score (nSPS) is 10.4. The van der Waals surface area contributed by atoms with Crippen LogP contribution in [0.2, 0.25) is 0 Å². The van der Waals surface area contributed by atoms with Gasteiger partial charge in [-0.2, -0.15) is 0 Å². The molecule has 154 valence electrons. The van der Waals surface area contributed by atoms with E-state index in [0.717, 1.165) is 16.7 Å². The fourth-order valence-corrected chi connectivity index (χ4v) is 3.13. The van der Waals surface area contributed by atoms with Crippen molar-refractivity contribution in [3.05, 3.63) is 90.5 Å². The summed E-state index contributed by atoms with van der Waals surface area (Å²) < 4.78 is 5.69. The summed E-state index contributed by atoms with van der Waals surface area (Å²) in [4.78, 5) is 25.5. The van der Waals surface area contributed by atoms with Crippen molar-refractivity contribution in [2.75, 3.05) is 19.7 Å². The van der Waals surface area contributed by atoms with Gasteiger partial charge in [0.2, 0.25) is 5.91 Å². The second-order valence-electron chi connectivity index (χ2n) is 7.01. The molecule has 0 aliphatic heterocycles. The summed E-state index contributed by atoms with van der Waals surface area (Å²) in [5.41, 5.74) is 8.61. The minimum atomic E-state index is -0.426. The summed E-state index contributed by atoms with van der Waals surface area (Å²) in [6, 6.07) is 27.6. The number of benzene rings is 3. The van der Waals surface area contributed by atoms with E-state index in [2.05, 4.69) is 0 Å². The van der Waals surface area contributed by atoms with Gasteiger partial charge in [-0.15, -0.1) is 0 Å². The number of hydrogen-bond acceptors (Lipinski definition) is 3. The van der Waals surface area contributed by atoms with Gasteiger partial charge in [0.25, 0.3) is 5.91 Å². The van der Waals surface area contributed by atoms with Crippen molar-refractivity contribution in [3.63, 3.8) is 0 Å². The minimum absolute atomic E-state index is 0.0851. The lowest BCUT2D eigenvalue weighted by Gasteiger charge is -2.22. The van der Waals surface area contributed by atoms with Gasteiger partial charge in [-0.25, -0.2) is 0 Å². The van der Waals surface area contributed by atoms with E-state index in [1.54, 1.807) is 4.90 Å². The molecule has 2 N–H and O–H groups in total. The van der Waals surface area contributed by atoms with Crippen LogP contribution < -0.4 is 10.5 Å². The van der Waals surface area contributed by atoms with E-state index >= 15 is 0 Å². The average Bonchev–Trinajstić information content (AvgIpc) is 2.79. The summed E-state index contributed by atoms with van der Waals surface area (Å²) >= 11 is 0. The van der Waals surface area contributed by atoms with Gasteiger partial charge in [0.05, 0.1) is 0 Å². The quantitative estimate of drug-likeness (QED) is 0.562. The van der Waals surface area contributed by atoms with Crippen molar-refractivity contribution >= 4 is 11.8 Å². The molecule has 30 heavy (non-hydrogen) atoms. The van der Waals surface area contributed by atoms with Crippen molar-refractivity contribution in [2.24, 2.45) is 5.73 Å². The van der Waals surface area contributed by atoms with Crippen molar-refractivity contribution in [2.45, 2.75) is 12.8 Å². The smallest absolute Gasteiger partial charge is 0.260 e. The van der Waals surface area contributed by atoms with Crippen LogP contribution in [0, 0.1) is 0 Å². The molecule has 0 spiro atoms. The van der Waals surface area contributed by atoms with Crippen LogP contribution in [-0.4, -0.2) is 36.4 Å². The van der Waals surface area contributed by atoms with Crippen molar-refractivity contribution < 1.29 is 14.3 Å². The first-order chi connectivity index (χ1) is 14.6. The fraction of sp³-hybridized carbons (Fsp3) is 0.200. The molecule has 0 heterocycles. The zero-order valence-electron chi connectivity index (χ0n) is 16.9. The molecule has 2 amide bonds. The van der Waals surface area contributed by atoms with E-state index in [-0.39, 0.29) is 25.5 Å². The van der Waals surface area contributed by atoms with Gasteiger partial charge in [0, 0.05) is 19.5 Å². The number of nitrogens with zero attached hydrogens (tertiary/aromatic N) is 1. The van der Waals surface area contributed by atoms with Crippen LogP contribution in [0.5, 0.6) is 5.75 Å². The summed E-state index contributed by atoms with van der Waals surface area (Å²) in [6.45, 7) is 0.710. The Morgan fingerprint density at radius 1 is 0.767 bits per heavy atom. The lowest BCUT2D eigenvalue weighted by atomic mass is 10.1. The van der Waals surface area contributed by atoms with Crippen LogP contribution in [-0.2, 0) is 16.0 Å². The first-order valence-electron chi connectivity index (χ1n) is 10.00. The van der Waals surface area contributed by atoms with Gasteiger partial charge in [0.1, 0.15) is 5.75 Å². The molecule has 0 fully saturated rings. The zero-order chi connectivity index (χ0) is 21.2. The number of amides is 2. The van der Waals surface area contributed by atoms with Crippen LogP contribution in [0.15, 0.2) is 84.9 Å². The van der Waals surface area contributed by atoms with E-state index in [4.69, 9.17) is 10.5 Å². The number of carbonyl (C=O) groups is 2. The monoisotopic (exact) mass is 402 g/mol. The molecule has 5 nitrogen and oxygen atoms in total. The van der Waals surface area contributed by atoms with Crippen LogP contribution in [0.25, 0.3) is 11.1 Å². The maximum atomic E-state index is 12.7. The Balaban J connectivity index is 1.56. The highest BCUT2D eigenvalue weighted by atomic mass is 16.5. The first kappa shape index (κ1) is 21.1. The topological polar surface area (TPSA) is 72.6 Å². The summed E-state index contributed by atoms with van der Waals surface area (Å²) in [5, 5.41) is 0. The second-order valence-corrected chi connectivity index (χ2v) is 7.01. The molecule has 0 unspecified atom stereocenters. The van der Waals surface area contributed by atoms with Gasteiger partial charge in [-0.05, 0) is 35.2 Å². The van der Waals surface area contributed by atoms with Crippen molar-refractivity contribution in [3.8, 4) is 16.9 Å². The Hall–Kier alpha value is -3.60. The lowest BCUT2D eigenvalue weighted by molar-refractivity contribution is -0.133. The molecular weight excluding hydrogens is 376 g/mol. The molecule has 0 saturated heterocycles. The van der Waals surface area contributed by atoms with Gasteiger partial charge in [-0.3, -0.25) is 9.59 Å². The maximum absolute atomic E-state index is 12.7. The molecule has 3 aromatic carbocycles. The SMILES string of the molecule is NC(=O)CCN(CCc1ccccc1)C(=O)COc1ccc(-c2ccccc2)cc1. The molecule has 0 aliphatic carbocycles. The lowest BCUT2D eigenvalue weighted by Crippen LogP contribution is -2.38. The summed E-state index contributed by atoms with van der Waals surface area (Å²) in [5.74, 6) is 0.0326. The second kappa shape index (κ2) is 10.8. The Morgan fingerprint density at radius 2 is 1.37 bits per heavy atom. The molecule has 3 aromatic rings. The van der Waals surface area contributed by atoms with Crippen LogP contribution >= 0.6 is 0 Å². The van der Waals surface area contributed by atoms with Gasteiger partial charge < -0.3 is 15.4 Å².